The highest BCUT2D eigenvalue weighted by Crippen LogP contribution is 2.24. The Morgan fingerprint density at radius 2 is 1.95 bits per heavy atom. The number of amides is 4. The normalized spacial score (nSPS) is 29.4. The molecule has 0 aromatic rings. The second kappa shape index (κ2) is 6.11. The molecule has 3 N–H and O–H groups in total. The van der Waals surface area contributed by atoms with E-state index < -0.39 is 29.9 Å². The fraction of sp³-hybridized carbons (Fsp3) is 0.692. The highest BCUT2D eigenvalue weighted by atomic mass is 16.4. The predicted octanol–water partition coefficient (Wildman–Crippen LogP) is -0.314. The highest BCUT2D eigenvalue weighted by molar-refractivity contribution is 6.06. The van der Waals surface area contributed by atoms with Crippen LogP contribution < -0.4 is 10.6 Å². The molecule has 0 spiro atoms. The molecule has 4 amide bonds. The van der Waals surface area contributed by atoms with Gasteiger partial charge in [-0.1, -0.05) is 6.42 Å². The molecule has 8 nitrogen and oxygen atoms in total. The topological polar surface area (TPSA) is 116 Å². The standard InChI is InChI=1S/C13H19N3O5/c1-16-10(17)6-9(11(16)18)15-13(21)14-8-4-2-3-7(5-8)12(19)20/h7-9H,2-6H2,1H3,(H,19,20)(H2,14,15,21). The minimum absolute atomic E-state index is 0.0365. The number of carboxylic acids is 1. The van der Waals surface area contributed by atoms with Crippen molar-refractivity contribution in [3.05, 3.63) is 0 Å². The van der Waals surface area contributed by atoms with Crippen LogP contribution >= 0.6 is 0 Å². The molecule has 1 heterocycles. The second-order valence-corrected chi connectivity index (χ2v) is 5.56. The maximum atomic E-state index is 11.9. The Balaban J connectivity index is 1.83. The van der Waals surface area contributed by atoms with Crippen LogP contribution in [0.1, 0.15) is 32.1 Å². The maximum Gasteiger partial charge on any atom is 0.315 e. The lowest BCUT2D eigenvalue weighted by Gasteiger charge is -2.27. The van der Waals surface area contributed by atoms with Gasteiger partial charge in [0.1, 0.15) is 6.04 Å². The Morgan fingerprint density at radius 1 is 1.24 bits per heavy atom. The summed E-state index contributed by atoms with van der Waals surface area (Å²) >= 11 is 0. The average molecular weight is 297 g/mol. The van der Waals surface area contributed by atoms with Crippen molar-refractivity contribution in [1.29, 1.82) is 0 Å². The molecule has 0 aromatic heterocycles. The number of hydrogen-bond acceptors (Lipinski definition) is 4. The molecule has 116 valence electrons. The zero-order chi connectivity index (χ0) is 15.6. The Hall–Kier alpha value is -2.12. The van der Waals surface area contributed by atoms with Crippen LogP contribution in [-0.2, 0) is 14.4 Å². The van der Waals surface area contributed by atoms with Crippen molar-refractivity contribution < 1.29 is 24.3 Å². The van der Waals surface area contributed by atoms with Crippen molar-refractivity contribution >= 4 is 23.8 Å². The molecule has 2 rings (SSSR count). The number of likely N-dealkylation sites (N-methyl/N-ethyl adjacent to an activating group) is 1. The van der Waals surface area contributed by atoms with E-state index in [1.807, 2.05) is 0 Å². The zero-order valence-electron chi connectivity index (χ0n) is 11.8. The first-order valence-electron chi connectivity index (χ1n) is 6.98. The molecule has 2 aliphatic rings. The summed E-state index contributed by atoms with van der Waals surface area (Å²) in [6, 6.07) is -1.58. The van der Waals surface area contributed by atoms with Crippen LogP contribution in [-0.4, -0.2) is 53.0 Å². The monoisotopic (exact) mass is 297 g/mol. The van der Waals surface area contributed by atoms with Crippen molar-refractivity contribution in [3.8, 4) is 0 Å². The summed E-state index contributed by atoms with van der Waals surface area (Å²) in [4.78, 5) is 46.8. The van der Waals surface area contributed by atoms with Gasteiger partial charge >= 0.3 is 12.0 Å². The summed E-state index contributed by atoms with van der Waals surface area (Å²) in [6.45, 7) is 0. The lowest BCUT2D eigenvalue weighted by molar-refractivity contribution is -0.143. The van der Waals surface area contributed by atoms with Crippen LogP contribution in [0.5, 0.6) is 0 Å². The molecule has 2 fully saturated rings. The van der Waals surface area contributed by atoms with E-state index in [-0.39, 0.29) is 18.4 Å². The number of carbonyl (C=O) groups excluding carboxylic acids is 3. The summed E-state index contributed by atoms with van der Waals surface area (Å²) in [5, 5.41) is 14.2. The van der Waals surface area contributed by atoms with Crippen molar-refractivity contribution in [2.45, 2.75) is 44.2 Å². The van der Waals surface area contributed by atoms with Crippen molar-refractivity contribution in [1.82, 2.24) is 15.5 Å². The smallest absolute Gasteiger partial charge is 0.315 e. The lowest BCUT2D eigenvalue weighted by atomic mass is 9.86. The summed E-state index contributed by atoms with van der Waals surface area (Å²) in [6.07, 6.45) is 2.43. The number of rotatable bonds is 3. The lowest BCUT2D eigenvalue weighted by Crippen LogP contribution is -2.50. The average Bonchev–Trinajstić information content (AvgIpc) is 2.66. The van der Waals surface area contributed by atoms with Gasteiger partial charge in [-0.25, -0.2) is 4.79 Å². The summed E-state index contributed by atoms with van der Waals surface area (Å²) in [5.41, 5.74) is 0. The molecule has 1 aliphatic carbocycles. The minimum Gasteiger partial charge on any atom is -0.481 e. The van der Waals surface area contributed by atoms with Crippen molar-refractivity contribution in [2.24, 2.45) is 5.92 Å². The van der Waals surface area contributed by atoms with Gasteiger partial charge in [0.05, 0.1) is 12.3 Å². The molecule has 21 heavy (non-hydrogen) atoms. The number of nitrogens with one attached hydrogen (secondary N) is 2. The van der Waals surface area contributed by atoms with Crippen LogP contribution in [0.15, 0.2) is 0 Å². The number of nitrogens with zero attached hydrogens (tertiary/aromatic N) is 1. The van der Waals surface area contributed by atoms with Gasteiger partial charge in [-0.2, -0.15) is 0 Å². The molecule has 8 heteroatoms. The molecule has 0 aromatic carbocycles. The Bertz CT molecular complexity index is 478. The van der Waals surface area contributed by atoms with Gasteiger partial charge in [0.15, 0.2) is 0 Å². The molecule has 3 unspecified atom stereocenters. The predicted molar refractivity (Wildman–Crippen MR) is 71.2 cm³/mol. The number of carboxylic acid groups (broad SMARTS) is 1. The van der Waals surface area contributed by atoms with Crippen LogP contribution in [0.2, 0.25) is 0 Å². The van der Waals surface area contributed by atoms with Gasteiger partial charge in [-0.3, -0.25) is 19.3 Å². The Kier molecular flexibility index (Phi) is 4.44. The van der Waals surface area contributed by atoms with E-state index in [4.69, 9.17) is 5.11 Å². The number of imide groups is 1. The number of urea groups is 1. The first-order chi connectivity index (χ1) is 9.88. The van der Waals surface area contributed by atoms with E-state index in [1.165, 1.54) is 7.05 Å². The number of likely N-dealkylation sites (tertiary alicyclic amines) is 1. The quantitative estimate of drug-likeness (QED) is 0.618. The molecular weight excluding hydrogens is 278 g/mol. The first kappa shape index (κ1) is 15.3. The van der Waals surface area contributed by atoms with E-state index in [0.717, 1.165) is 11.3 Å². The van der Waals surface area contributed by atoms with Crippen molar-refractivity contribution in [2.75, 3.05) is 7.05 Å². The molecule has 1 aliphatic heterocycles. The van der Waals surface area contributed by atoms with Crippen LogP contribution in [0.3, 0.4) is 0 Å². The van der Waals surface area contributed by atoms with Crippen LogP contribution in [0.4, 0.5) is 4.79 Å². The van der Waals surface area contributed by atoms with E-state index in [9.17, 15) is 19.2 Å². The first-order valence-corrected chi connectivity index (χ1v) is 6.98. The fourth-order valence-electron chi connectivity index (χ4n) is 2.80. The summed E-state index contributed by atoms with van der Waals surface area (Å²) in [5.74, 6) is -2.04. The third kappa shape index (κ3) is 3.50. The van der Waals surface area contributed by atoms with Gasteiger partial charge < -0.3 is 15.7 Å². The van der Waals surface area contributed by atoms with E-state index in [0.29, 0.717) is 19.3 Å². The molecule has 3 atom stereocenters. The van der Waals surface area contributed by atoms with Gasteiger partial charge in [-0.15, -0.1) is 0 Å². The van der Waals surface area contributed by atoms with E-state index in [1.54, 1.807) is 0 Å². The fourth-order valence-corrected chi connectivity index (χ4v) is 2.80. The third-order valence-corrected chi connectivity index (χ3v) is 4.05. The van der Waals surface area contributed by atoms with E-state index in [2.05, 4.69) is 10.6 Å². The second-order valence-electron chi connectivity index (χ2n) is 5.56. The van der Waals surface area contributed by atoms with E-state index >= 15 is 0 Å². The number of aliphatic carboxylic acids is 1. The van der Waals surface area contributed by atoms with Crippen molar-refractivity contribution in [3.63, 3.8) is 0 Å². The number of hydrogen-bond donors (Lipinski definition) is 3. The maximum absolute atomic E-state index is 11.9. The zero-order valence-corrected chi connectivity index (χ0v) is 11.8. The van der Waals surface area contributed by atoms with Gasteiger partial charge in [0, 0.05) is 13.1 Å². The Morgan fingerprint density at radius 3 is 2.52 bits per heavy atom. The molecular formula is C13H19N3O5. The highest BCUT2D eigenvalue weighted by Gasteiger charge is 2.37. The molecule has 1 saturated heterocycles. The molecule has 0 bridgehead atoms. The largest absolute Gasteiger partial charge is 0.481 e. The molecule has 0 radical (unpaired) electrons. The summed E-state index contributed by atoms with van der Waals surface area (Å²) < 4.78 is 0. The van der Waals surface area contributed by atoms with Gasteiger partial charge in [0.25, 0.3) is 5.91 Å². The van der Waals surface area contributed by atoms with Gasteiger partial charge in [-0.05, 0) is 19.3 Å². The molecule has 1 saturated carbocycles. The van der Waals surface area contributed by atoms with Crippen LogP contribution in [0, 0.1) is 5.92 Å². The van der Waals surface area contributed by atoms with Crippen LogP contribution in [0.25, 0.3) is 0 Å². The summed E-state index contributed by atoms with van der Waals surface area (Å²) in [7, 11) is 1.38. The Labute approximate surface area is 121 Å². The minimum atomic E-state index is -0.847. The number of carbonyl (C=O) groups is 4. The third-order valence-electron chi connectivity index (χ3n) is 4.05. The van der Waals surface area contributed by atoms with Gasteiger partial charge in [0.2, 0.25) is 5.91 Å². The SMILES string of the molecule is CN1C(=O)CC(NC(=O)NC2CCCC(C(=O)O)C2)C1=O.